The van der Waals surface area contributed by atoms with Crippen molar-refractivity contribution in [3.05, 3.63) is 23.9 Å². The molecule has 4 heteroatoms. The number of aromatic nitrogens is 1. The zero-order chi connectivity index (χ0) is 16.8. The van der Waals surface area contributed by atoms with E-state index in [1.165, 1.54) is 25.7 Å². The van der Waals surface area contributed by atoms with E-state index in [0.717, 1.165) is 43.6 Å². The molecule has 3 rings (SSSR count). The summed E-state index contributed by atoms with van der Waals surface area (Å²) in [4.78, 5) is 16.4. The van der Waals surface area contributed by atoms with Crippen LogP contribution in [0.5, 0.6) is 5.88 Å². The summed E-state index contributed by atoms with van der Waals surface area (Å²) >= 11 is 0. The molecule has 132 valence electrons. The van der Waals surface area contributed by atoms with Crippen LogP contribution < -0.4 is 10.1 Å². The second kappa shape index (κ2) is 8.50. The number of nitrogens with one attached hydrogen (secondary N) is 1. The third-order valence-corrected chi connectivity index (χ3v) is 5.47. The Morgan fingerprint density at radius 2 is 1.92 bits per heavy atom. The van der Waals surface area contributed by atoms with Crippen LogP contribution in [0.4, 0.5) is 0 Å². The number of rotatable bonds is 6. The number of carbonyl (C=O) groups excluding carboxylic acids is 1. The quantitative estimate of drug-likeness (QED) is 0.852. The van der Waals surface area contributed by atoms with Crippen molar-refractivity contribution in [2.45, 2.75) is 83.3 Å². The van der Waals surface area contributed by atoms with Gasteiger partial charge in [0.2, 0.25) is 11.8 Å². The van der Waals surface area contributed by atoms with E-state index in [9.17, 15) is 4.79 Å². The van der Waals surface area contributed by atoms with E-state index in [4.69, 9.17) is 4.74 Å². The molecule has 1 amide bonds. The first kappa shape index (κ1) is 17.2. The average Bonchev–Trinajstić information content (AvgIpc) is 3.10. The Hall–Kier alpha value is -1.58. The van der Waals surface area contributed by atoms with Gasteiger partial charge in [0.15, 0.2) is 0 Å². The fourth-order valence-corrected chi connectivity index (χ4v) is 3.95. The van der Waals surface area contributed by atoms with Gasteiger partial charge in [-0.15, -0.1) is 0 Å². The first-order valence-corrected chi connectivity index (χ1v) is 9.58. The molecule has 0 radical (unpaired) electrons. The molecule has 2 aliphatic rings. The molecule has 0 unspecified atom stereocenters. The third-order valence-electron chi connectivity index (χ3n) is 5.47. The molecule has 2 fully saturated rings. The van der Waals surface area contributed by atoms with Crippen LogP contribution in [0.15, 0.2) is 18.3 Å². The monoisotopic (exact) mass is 330 g/mol. The first-order chi connectivity index (χ1) is 11.7. The van der Waals surface area contributed by atoms with E-state index >= 15 is 0 Å². The summed E-state index contributed by atoms with van der Waals surface area (Å²) < 4.78 is 5.95. The molecule has 1 aromatic rings. The molecule has 24 heavy (non-hydrogen) atoms. The van der Waals surface area contributed by atoms with Gasteiger partial charge in [0.1, 0.15) is 6.10 Å². The molecule has 0 aromatic carbocycles. The second-order valence-corrected chi connectivity index (χ2v) is 7.52. The summed E-state index contributed by atoms with van der Waals surface area (Å²) in [6.45, 7) is 2.03. The van der Waals surface area contributed by atoms with Gasteiger partial charge in [0.25, 0.3) is 0 Å². The maximum atomic E-state index is 12.1. The van der Waals surface area contributed by atoms with Crippen molar-refractivity contribution in [2.24, 2.45) is 5.92 Å². The van der Waals surface area contributed by atoms with Gasteiger partial charge in [0.05, 0.1) is 0 Å². The van der Waals surface area contributed by atoms with Crippen molar-refractivity contribution >= 4 is 5.91 Å². The first-order valence-electron chi connectivity index (χ1n) is 9.58. The van der Waals surface area contributed by atoms with Gasteiger partial charge in [-0.05, 0) is 50.5 Å². The summed E-state index contributed by atoms with van der Waals surface area (Å²) in [6, 6.07) is 4.29. The minimum atomic E-state index is 0.229. The molecule has 0 saturated heterocycles. The molecule has 1 aromatic heterocycles. The van der Waals surface area contributed by atoms with E-state index in [-0.39, 0.29) is 12.0 Å². The summed E-state index contributed by atoms with van der Waals surface area (Å²) in [6.07, 6.45) is 13.2. The van der Waals surface area contributed by atoms with Crippen LogP contribution in [0, 0.1) is 12.8 Å². The minimum Gasteiger partial charge on any atom is -0.474 e. The smallest absolute Gasteiger partial charge is 0.220 e. The molecule has 1 N–H and O–H groups in total. The number of nitrogens with zero attached hydrogens (tertiary/aromatic N) is 1. The molecule has 2 aliphatic carbocycles. The van der Waals surface area contributed by atoms with Gasteiger partial charge < -0.3 is 10.1 Å². The van der Waals surface area contributed by atoms with Crippen molar-refractivity contribution in [1.82, 2.24) is 10.3 Å². The van der Waals surface area contributed by atoms with Crippen molar-refractivity contribution in [1.29, 1.82) is 0 Å². The molecular weight excluding hydrogens is 300 g/mol. The van der Waals surface area contributed by atoms with Crippen molar-refractivity contribution in [3.8, 4) is 5.88 Å². The Bertz CT molecular complexity index is 515. The van der Waals surface area contributed by atoms with Crippen LogP contribution in [0.1, 0.15) is 69.8 Å². The lowest BCUT2D eigenvalue weighted by Crippen LogP contribution is -2.39. The predicted octanol–water partition coefficient (Wildman–Crippen LogP) is 4.17. The van der Waals surface area contributed by atoms with Gasteiger partial charge in [-0.1, -0.05) is 31.7 Å². The molecule has 0 spiro atoms. The molecule has 0 bridgehead atoms. The minimum absolute atomic E-state index is 0.229. The fourth-order valence-electron chi connectivity index (χ4n) is 3.95. The summed E-state index contributed by atoms with van der Waals surface area (Å²) in [5, 5.41) is 3.22. The standard InChI is InChI=1S/C20H30N2O2/c1-15-6-13-20(21-14-15)24-18-10-8-17(9-11-18)22-19(23)12-7-16-4-2-3-5-16/h6,13-14,16-18H,2-5,7-12H2,1H3,(H,22,23). The van der Waals surface area contributed by atoms with E-state index in [1.807, 2.05) is 25.3 Å². The Morgan fingerprint density at radius 1 is 1.17 bits per heavy atom. The highest BCUT2D eigenvalue weighted by Gasteiger charge is 2.24. The van der Waals surface area contributed by atoms with E-state index in [1.54, 1.807) is 0 Å². The zero-order valence-electron chi connectivity index (χ0n) is 14.8. The lowest BCUT2D eigenvalue weighted by Gasteiger charge is -2.29. The van der Waals surface area contributed by atoms with Crippen molar-refractivity contribution < 1.29 is 9.53 Å². The highest BCUT2D eigenvalue weighted by molar-refractivity contribution is 5.76. The number of carbonyl (C=O) groups is 1. The number of aryl methyl sites for hydroxylation is 1. The number of pyridine rings is 1. The van der Waals surface area contributed by atoms with Crippen molar-refractivity contribution in [3.63, 3.8) is 0 Å². The number of hydrogen-bond acceptors (Lipinski definition) is 3. The maximum absolute atomic E-state index is 12.1. The lowest BCUT2D eigenvalue weighted by molar-refractivity contribution is -0.122. The van der Waals surface area contributed by atoms with Gasteiger partial charge in [-0.2, -0.15) is 0 Å². The molecule has 4 nitrogen and oxygen atoms in total. The topological polar surface area (TPSA) is 51.2 Å². The van der Waals surface area contributed by atoms with Crippen LogP contribution in [0.2, 0.25) is 0 Å². The van der Waals surface area contributed by atoms with Gasteiger partial charge in [-0.25, -0.2) is 4.98 Å². The maximum Gasteiger partial charge on any atom is 0.220 e. The van der Waals surface area contributed by atoms with Crippen LogP contribution in [-0.4, -0.2) is 23.0 Å². The Labute approximate surface area is 145 Å². The fraction of sp³-hybridized carbons (Fsp3) is 0.700. The predicted molar refractivity (Wildman–Crippen MR) is 95.0 cm³/mol. The Balaban J connectivity index is 1.34. The number of ether oxygens (including phenoxy) is 1. The van der Waals surface area contributed by atoms with E-state index in [0.29, 0.717) is 18.3 Å². The largest absolute Gasteiger partial charge is 0.474 e. The van der Waals surface area contributed by atoms with Gasteiger partial charge >= 0.3 is 0 Å². The molecule has 2 saturated carbocycles. The van der Waals surface area contributed by atoms with Crippen LogP contribution in [0.25, 0.3) is 0 Å². The highest BCUT2D eigenvalue weighted by Crippen LogP contribution is 2.28. The second-order valence-electron chi connectivity index (χ2n) is 7.52. The summed E-state index contributed by atoms with van der Waals surface area (Å²) in [7, 11) is 0. The molecule has 0 atom stereocenters. The van der Waals surface area contributed by atoms with Gasteiger partial charge in [0, 0.05) is 24.7 Å². The summed E-state index contributed by atoms with van der Waals surface area (Å²) in [5.41, 5.74) is 1.14. The van der Waals surface area contributed by atoms with Crippen LogP contribution in [-0.2, 0) is 4.79 Å². The average molecular weight is 330 g/mol. The highest BCUT2D eigenvalue weighted by atomic mass is 16.5. The van der Waals surface area contributed by atoms with Crippen molar-refractivity contribution in [2.75, 3.05) is 0 Å². The number of amides is 1. The molecule has 1 heterocycles. The third kappa shape index (κ3) is 5.22. The molecular formula is C20H30N2O2. The number of hydrogen-bond donors (Lipinski definition) is 1. The Morgan fingerprint density at radius 3 is 2.58 bits per heavy atom. The van der Waals surface area contributed by atoms with Gasteiger partial charge in [-0.3, -0.25) is 4.79 Å². The zero-order valence-corrected chi connectivity index (χ0v) is 14.8. The Kier molecular flexibility index (Phi) is 6.11. The van der Waals surface area contributed by atoms with Crippen LogP contribution >= 0.6 is 0 Å². The SMILES string of the molecule is Cc1ccc(OC2CCC(NC(=O)CCC3CCCC3)CC2)nc1. The summed E-state index contributed by atoms with van der Waals surface area (Å²) in [5.74, 6) is 1.75. The molecule has 0 aliphatic heterocycles. The van der Waals surface area contributed by atoms with E-state index < -0.39 is 0 Å². The normalized spacial score (nSPS) is 24.7. The van der Waals surface area contributed by atoms with Crippen LogP contribution in [0.3, 0.4) is 0 Å². The van der Waals surface area contributed by atoms with E-state index in [2.05, 4.69) is 10.3 Å². The lowest BCUT2D eigenvalue weighted by atomic mass is 9.92.